The van der Waals surface area contributed by atoms with Gasteiger partial charge in [0.2, 0.25) is 11.8 Å². The minimum Gasteiger partial charge on any atom is -0.370 e. The lowest BCUT2D eigenvalue weighted by atomic mass is 10.0. The van der Waals surface area contributed by atoms with E-state index < -0.39 is 5.91 Å². The molecule has 0 saturated carbocycles. The van der Waals surface area contributed by atoms with E-state index in [0.717, 1.165) is 16.7 Å². The summed E-state index contributed by atoms with van der Waals surface area (Å²) in [6.07, 6.45) is 0.242. The lowest BCUT2D eigenvalue weighted by Crippen LogP contribution is -2.29. The average molecular weight is 401 g/mol. The van der Waals surface area contributed by atoms with Crippen LogP contribution >= 0.6 is 0 Å². The van der Waals surface area contributed by atoms with E-state index in [4.69, 9.17) is 5.73 Å². The van der Waals surface area contributed by atoms with Crippen molar-refractivity contribution in [2.24, 2.45) is 5.73 Å². The number of primary amides is 1. The molecular weight excluding hydrogens is 378 g/mol. The molecule has 0 atom stereocenters. The second-order valence-electron chi connectivity index (χ2n) is 6.81. The van der Waals surface area contributed by atoms with Gasteiger partial charge in [-0.25, -0.2) is 0 Å². The lowest BCUT2D eigenvalue weighted by molar-refractivity contribution is -0.118. The maximum Gasteiger partial charge on any atom is 0.253 e. The van der Waals surface area contributed by atoms with Crippen LogP contribution in [0.1, 0.15) is 22.3 Å². The lowest BCUT2D eigenvalue weighted by Gasteiger charge is -2.11. The molecular formula is C24H23N3O3. The number of rotatable bonds is 8. The van der Waals surface area contributed by atoms with Crippen LogP contribution in [0.25, 0.3) is 11.1 Å². The van der Waals surface area contributed by atoms with E-state index >= 15 is 0 Å². The van der Waals surface area contributed by atoms with Gasteiger partial charge in [0.1, 0.15) is 0 Å². The van der Waals surface area contributed by atoms with Crippen molar-refractivity contribution in [2.45, 2.75) is 12.8 Å². The summed E-state index contributed by atoms with van der Waals surface area (Å²) >= 11 is 0. The first-order chi connectivity index (χ1) is 14.5. The standard InChI is InChI=1S/C24H23N3O3/c25-22(28)14-15-26-24(30)20-8-4-5-9-21(20)27-23(29)16-17-10-12-19(13-11-17)18-6-2-1-3-7-18/h1-13H,14-16H2,(H2,25,28)(H,26,30)(H,27,29). The maximum absolute atomic E-state index is 12.5. The SMILES string of the molecule is NC(=O)CCNC(=O)c1ccccc1NC(=O)Cc1ccc(-c2ccccc2)cc1. The van der Waals surface area contributed by atoms with Gasteiger partial charge in [0, 0.05) is 13.0 Å². The molecule has 0 aliphatic heterocycles. The molecule has 0 bridgehead atoms. The molecule has 30 heavy (non-hydrogen) atoms. The minimum absolute atomic E-state index is 0.0548. The van der Waals surface area contributed by atoms with Crippen LogP contribution in [0, 0.1) is 0 Å². The van der Waals surface area contributed by atoms with Crippen LogP contribution < -0.4 is 16.4 Å². The van der Waals surface area contributed by atoms with Gasteiger partial charge in [-0.2, -0.15) is 0 Å². The molecule has 3 aromatic carbocycles. The van der Waals surface area contributed by atoms with Gasteiger partial charge in [-0.05, 0) is 28.8 Å². The summed E-state index contributed by atoms with van der Waals surface area (Å²) in [7, 11) is 0. The van der Waals surface area contributed by atoms with Crippen molar-refractivity contribution in [1.29, 1.82) is 0 Å². The Kier molecular flexibility index (Phi) is 6.95. The zero-order valence-corrected chi connectivity index (χ0v) is 16.4. The first kappa shape index (κ1) is 20.8. The van der Waals surface area contributed by atoms with Crippen molar-refractivity contribution in [3.8, 4) is 11.1 Å². The van der Waals surface area contributed by atoms with Gasteiger partial charge in [-0.1, -0.05) is 66.7 Å². The molecule has 3 aromatic rings. The molecule has 0 fully saturated rings. The summed E-state index contributed by atoms with van der Waals surface area (Å²) in [6.45, 7) is 0.143. The molecule has 0 saturated heterocycles. The van der Waals surface area contributed by atoms with Crippen LogP contribution in [-0.2, 0) is 16.0 Å². The van der Waals surface area contributed by atoms with Gasteiger partial charge in [0.15, 0.2) is 0 Å². The molecule has 0 aliphatic carbocycles. The molecule has 0 heterocycles. The average Bonchev–Trinajstić information content (AvgIpc) is 2.75. The molecule has 3 amide bonds. The highest BCUT2D eigenvalue weighted by atomic mass is 16.2. The Balaban J connectivity index is 1.62. The predicted octanol–water partition coefficient (Wildman–Crippen LogP) is 3.14. The third-order valence-corrected chi connectivity index (χ3v) is 4.53. The van der Waals surface area contributed by atoms with Crippen molar-refractivity contribution in [2.75, 3.05) is 11.9 Å². The number of anilines is 1. The number of para-hydroxylation sites is 1. The maximum atomic E-state index is 12.5. The van der Waals surface area contributed by atoms with Gasteiger partial charge in [0.25, 0.3) is 5.91 Å². The fourth-order valence-electron chi connectivity index (χ4n) is 3.01. The van der Waals surface area contributed by atoms with E-state index in [1.807, 2.05) is 54.6 Å². The minimum atomic E-state index is -0.491. The monoisotopic (exact) mass is 401 g/mol. The molecule has 0 unspecified atom stereocenters. The Labute approximate surface area is 175 Å². The predicted molar refractivity (Wildman–Crippen MR) is 117 cm³/mol. The molecule has 3 rings (SSSR count). The first-order valence-electron chi connectivity index (χ1n) is 9.62. The molecule has 152 valence electrons. The smallest absolute Gasteiger partial charge is 0.253 e. The van der Waals surface area contributed by atoms with E-state index in [-0.39, 0.29) is 31.2 Å². The molecule has 4 N–H and O–H groups in total. The van der Waals surface area contributed by atoms with Crippen LogP contribution in [-0.4, -0.2) is 24.3 Å². The van der Waals surface area contributed by atoms with Crippen LogP contribution in [0.15, 0.2) is 78.9 Å². The summed E-state index contributed by atoms with van der Waals surface area (Å²) < 4.78 is 0. The van der Waals surface area contributed by atoms with Gasteiger partial charge in [0.05, 0.1) is 17.7 Å². The summed E-state index contributed by atoms with van der Waals surface area (Å²) in [5.41, 5.74) is 8.89. The normalized spacial score (nSPS) is 10.3. The van der Waals surface area contributed by atoms with Crippen LogP contribution in [0.4, 0.5) is 5.69 Å². The summed E-state index contributed by atoms with van der Waals surface area (Å²) in [5, 5.41) is 5.42. The van der Waals surface area contributed by atoms with Gasteiger partial charge in [-0.15, -0.1) is 0 Å². The van der Waals surface area contributed by atoms with Crippen molar-refractivity contribution >= 4 is 23.4 Å². The molecule has 0 spiro atoms. The largest absolute Gasteiger partial charge is 0.370 e. The molecule has 0 aliphatic rings. The number of hydrogen-bond acceptors (Lipinski definition) is 3. The van der Waals surface area contributed by atoms with Crippen molar-refractivity contribution < 1.29 is 14.4 Å². The number of nitrogens with one attached hydrogen (secondary N) is 2. The summed E-state index contributed by atoms with van der Waals surface area (Å²) in [5.74, 6) is -1.09. The second kappa shape index (κ2) is 10.0. The van der Waals surface area contributed by atoms with Crippen molar-refractivity contribution in [3.63, 3.8) is 0 Å². The molecule has 6 nitrogen and oxygen atoms in total. The van der Waals surface area contributed by atoms with Crippen LogP contribution in [0.2, 0.25) is 0 Å². The highest BCUT2D eigenvalue weighted by molar-refractivity contribution is 6.04. The second-order valence-corrected chi connectivity index (χ2v) is 6.81. The number of hydrogen-bond donors (Lipinski definition) is 3. The topological polar surface area (TPSA) is 101 Å². The van der Waals surface area contributed by atoms with E-state index in [9.17, 15) is 14.4 Å². The summed E-state index contributed by atoms with van der Waals surface area (Å²) in [6, 6.07) is 24.5. The zero-order chi connectivity index (χ0) is 21.3. The van der Waals surface area contributed by atoms with Crippen LogP contribution in [0.3, 0.4) is 0 Å². The quantitative estimate of drug-likeness (QED) is 0.540. The Morgan fingerprint density at radius 2 is 1.40 bits per heavy atom. The molecule has 6 heteroatoms. The van der Waals surface area contributed by atoms with Gasteiger partial charge < -0.3 is 16.4 Å². The Bertz CT molecular complexity index is 1030. The van der Waals surface area contributed by atoms with Crippen molar-refractivity contribution in [3.05, 3.63) is 90.0 Å². The number of nitrogens with two attached hydrogens (primary N) is 1. The fraction of sp³-hybridized carbons (Fsp3) is 0.125. The Morgan fingerprint density at radius 1 is 0.767 bits per heavy atom. The first-order valence-corrected chi connectivity index (χ1v) is 9.62. The van der Waals surface area contributed by atoms with Crippen molar-refractivity contribution in [1.82, 2.24) is 5.32 Å². The van der Waals surface area contributed by atoms with Crippen LogP contribution in [0.5, 0.6) is 0 Å². The van der Waals surface area contributed by atoms with E-state index in [2.05, 4.69) is 10.6 Å². The van der Waals surface area contributed by atoms with E-state index in [1.54, 1.807) is 24.3 Å². The number of carbonyl (C=O) groups excluding carboxylic acids is 3. The zero-order valence-electron chi connectivity index (χ0n) is 16.4. The third kappa shape index (κ3) is 5.78. The molecule has 0 radical (unpaired) electrons. The number of benzene rings is 3. The van der Waals surface area contributed by atoms with E-state index in [1.165, 1.54) is 0 Å². The number of carbonyl (C=O) groups is 3. The Hall–Kier alpha value is -3.93. The van der Waals surface area contributed by atoms with Gasteiger partial charge >= 0.3 is 0 Å². The number of amides is 3. The Morgan fingerprint density at radius 3 is 2.10 bits per heavy atom. The van der Waals surface area contributed by atoms with Gasteiger partial charge in [-0.3, -0.25) is 14.4 Å². The summed E-state index contributed by atoms with van der Waals surface area (Å²) in [4.78, 5) is 35.7. The highest BCUT2D eigenvalue weighted by Gasteiger charge is 2.13. The third-order valence-electron chi connectivity index (χ3n) is 4.53. The highest BCUT2D eigenvalue weighted by Crippen LogP contribution is 2.20. The fourth-order valence-corrected chi connectivity index (χ4v) is 3.01. The molecule has 0 aromatic heterocycles. The van der Waals surface area contributed by atoms with E-state index in [0.29, 0.717) is 11.3 Å².